The number of halogens is 2. The molecule has 1 nitrogen and oxygen atoms in total. The average Bonchev–Trinajstić information content (AvgIpc) is 2.43. The molecule has 2 N–H and O–H groups in total. The maximum atomic E-state index is 13.9. The van der Waals surface area contributed by atoms with Crippen molar-refractivity contribution in [3.05, 3.63) is 70.0 Å². The van der Waals surface area contributed by atoms with Gasteiger partial charge in [0.15, 0.2) is 0 Å². The minimum Gasteiger partial charge on any atom is -0.324 e. The van der Waals surface area contributed by atoms with Gasteiger partial charge in [-0.1, -0.05) is 54.4 Å². The van der Waals surface area contributed by atoms with Gasteiger partial charge < -0.3 is 5.73 Å². The Morgan fingerprint density at radius 3 is 2.48 bits per heavy atom. The first-order chi connectivity index (χ1) is 10.1. The standard InChI is InChI=1S/C18H19ClFN/c19-16-6-2-5-15(18(16)20)11-17(21)14-9-7-13(8-10-14)12-3-1-4-12/h2,5-10,12,17H,1,3-4,11,21H2. The molecule has 0 aromatic heterocycles. The number of hydrogen-bond donors (Lipinski definition) is 1. The van der Waals surface area contributed by atoms with Gasteiger partial charge >= 0.3 is 0 Å². The van der Waals surface area contributed by atoms with Gasteiger partial charge in [0.1, 0.15) is 5.82 Å². The normalized spacial score (nSPS) is 16.5. The molecule has 2 aromatic carbocycles. The predicted octanol–water partition coefficient (Wildman–Crippen LogP) is 4.99. The van der Waals surface area contributed by atoms with E-state index in [4.69, 9.17) is 17.3 Å². The van der Waals surface area contributed by atoms with Crippen molar-refractivity contribution < 1.29 is 4.39 Å². The van der Waals surface area contributed by atoms with Gasteiger partial charge in [-0.3, -0.25) is 0 Å². The van der Waals surface area contributed by atoms with E-state index in [0.29, 0.717) is 12.0 Å². The van der Waals surface area contributed by atoms with Gasteiger partial charge in [-0.2, -0.15) is 0 Å². The molecule has 3 heteroatoms. The number of hydrogen-bond acceptors (Lipinski definition) is 1. The second-order valence-corrected chi connectivity index (χ2v) is 6.23. The summed E-state index contributed by atoms with van der Waals surface area (Å²) in [6, 6.07) is 13.3. The van der Waals surface area contributed by atoms with Crippen molar-refractivity contribution in [1.82, 2.24) is 0 Å². The molecule has 0 heterocycles. The van der Waals surface area contributed by atoms with Crippen molar-refractivity contribution in [1.29, 1.82) is 0 Å². The summed E-state index contributed by atoms with van der Waals surface area (Å²) >= 11 is 5.81. The highest BCUT2D eigenvalue weighted by molar-refractivity contribution is 6.30. The Balaban J connectivity index is 1.72. The number of benzene rings is 2. The van der Waals surface area contributed by atoms with Gasteiger partial charge in [-0.05, 0) is 47.9 Å². The van der Waals surface area contributed by atoms with Crippen LogP contribution in [0.4, 0.5) is 4.39 Å². The fraction of sp³-hybridized carbons (Fsp3) is 0.333. The highest BCUT2D eigenvalue weighted by Gasteiger charge is 2.19. The van der Waals surface area contributed by atoms with Crippen molar-refractivity contribution in [2.45, 2.75) is 37.6 Å². The van der Waals surface area contributed by atoms with Gasteiger partial charge in [-0.25, -0.2) is 4.39 Å². The summed E-state index contributed by atoms with van der Waals surface area (Å²) in [7, 11) is 0. The topological polar surface area (TPSA) is 26.0 Å². The highest BCUT2D eigenvalue weighted by Crippen LogP contribution is 2.36. The van der Waals surface area contributed by atoms with Crippen LogP contribution in [-0.4, -0.2) is 0 Å². The molecule has 0 radical (unpaired) electrons. The van der Waals surface area contributed by atoms with E-state index in [-0.39, 0.29) is 16.9 Å². The fourth-order valence-corrected chi connectivity index (χ4v) is 3.01. The smallest absolute Gasteiger partial charge is 0.145 e. The van der Waals surface area contributed by atoms with Crippen LogP contribution in [-0.2, 0) is 6.42 Å². The van der Waals surface area contributed by atoms with Crippen LogP contribution >= 0.6 is 11.6 Å². The zero-order chi connectivity index (χ0) is 14.8. The summed E-state index contributed by atoms with van der Waals surface area (Å²) in [5, 5.41) is 0.153. The van der Waals surface area contributed by atoms with Crippen LogP contribution in [0.15, 0.2) is 42.5 Å². The van der Waals surface area contributed by atoms with Crippen LogP contribution in [0.2, 0.25) is 5.02 Å². The molecular formula is C18H19ClFN. The minimum atomic E-state index is -0.360. The molecule has 1 aliphatic rings. The molecule has 0 spiro atoms. The maximum Gasteiger partial charge on any atom is 0.145 e. The fourth-order valence-electron chi connectivity index (χ4n) is 2.82. The van der Waals surface area contributed by atoms with Crippen molar-refractivity contribution in [2.75, 3.05) is 0 Å². The summed E-state index contributed by atoms with van der Waals surface area (Å²) in [5.41, 5.74) is 9.21. The lowest BCUT2D eigenvalue weighted by atomic mass is 9.80. The number of nitrogens with two attached hydrogens (primary N) is 1. The summed E-state index contributed by atoms with van der Waals surface area (Å²) in [6.45, 7) is 0. The lowest BCUT2D eigenvalue weighted by molar-refractivity contribution is 0.419. The second kappa shape index (κ2) is 6.17. The third kappa shape index (κ3) is 3.12. The first-order valence-electron chi connectivity index (χ1n) is 7.43. The maximum absolute atomic E-state index is 13.9. The van der Waals surface area contributed by atoms with Crippen LogP contribution in [0.3, 0.4) is 0 Å². The zero-order valence-electron chi connectivity index (χ0n) is 11.9. The van der Waals surface area contributed by atoms with Crippen LogP contribution < -0.4 is 5.73 Å². The molecular weight excluding hydrogens is 285 g/mol. The van der Waals surface area contributed by atoms with Crippen LogP contribution in [0.5, 0.6) is 0 Å². The molecule has 0 aliphatic heterocycles. The van der Waals surface area contributed by atoms with E-state index in [1.54, 1.807) is 18.2 Å². The molecule has 110 valence electrons. The predicted molar refractivity (Wildman–Crippen MR) is 85.1 cm³/mol. The molecule has 21 heavy (non-hydrogen) atoms. The molecule has 1 aliphatic carbocycles. The first kappa shape index (κ1) is 14.6. The highest BCUT2D eigenvalue weighted by atomic mass is 35.5. The molecule has 0 saturated heterocycles. The number of rotatable bonds is 4. The SMILES string of the molecule is NC(Cc1cccc(Cl)c1F)c1ccc(C2CCC2)cc1. The second-order valence-electron chi connectivity index (χ2n) is 5.82. The summed E-state index contributed by atoms with van der Waals surface area (Å²) in [5.74, 6) is 0.362. The Hall–Kier alpha value is -1.38. The molecule has 3 rings (SSSR count). The molecule has 1 unspecified atom stereocenters. The Morgan fingerprint density at radius 1 is 1.14 bits per heavy atom. The van der Waals surface area contributed by atoms with E-state index in [1.807, 2.05) is 0 Å². The lowest BCUT2D eigenvalue weighted by Crippen LogP contribution is -2.15. The Bertz CT molecular complexity index is 620. The average molecular weight is 304 g/mol. The van der Waals surface area contributed by atoms with Gasteiger partial charge in [-0.15, -0.1) is 0 Å². The molecule has 0 amide bonds. The zero-order valence-corrected chi connectivity index (χ0v) is 12.6. The molecule has 1 fully saturated rings. The van der Waals surface area contributed by atoms with Gasteiger partial charge in [0, 0.05) is 6.04 Å². The molecule has 0 bridgehead atoms. The quantitative estimate of drug-likeness (QED) is 0.846. The first-order valence-corrected chi connectivity index (χ1v) is 7.81. The Morgan fingerprint density at radius 2 is 1.86 bits per heavy atom. The largest absolute Gasteiger partial charge is 0.324 e. The van der Waals surface area contributed by atoms with Gasteiger partial charge in [0.25, 0.3) is 0 Å². The summed E-state index contributed by atoms with van der Waals surface area (Å²) in [4.78, 5) is 0. The monoisotopic (exact) mass is 303 g/mol. The van der Waals surface area contributed by atoms with E-state index in [0.717, 1.165) is 11.5 Å². The molecule has 1 saturated carbocycles. The van der Waals surface area contributed by atoms with Crippen molar-refractivity contribution in [3.8, 4) is 0 Å². The minimum absolute atomic E-state index is 0.153. The Kier molecular flexibility index (Phi) is 4.27. The summed E-state index contributed by atoms with van der Waals surface area (Å²) < 4.78 is 13.9. The van der Waals surface area contributed by atoms with Crippen molar-refractivity contribution in [3.63, 3.8) is 0 Å². The van der Waals surface area contributed by atoms with E-state index < -0.39 is 0 Å². The van der Waals surface area contributed by atoms with Crippen LogP contribution in [0.1, 0.15) is 47.9 Å². The van der Waals surface area contributed by atoms with Gasteiger partial charge in [0.2, 0.25) is 0 Å². The lowest BCUT2D eigenvalue weighted by Gasteiger charge is -2.26. The van der Waals surface area contributed by atoms with E-state index >= 15 is 0 Å². The van der Waals surface area contributed by atoms with Crippen LogP contribution in [0, 0.1) is 5.82 Å². The van der Waals surface area contributed by atoms with Gasteiger partial charge in [0.05, 0.1) is 5.02 Å². The molecule has 1 atom stereocenters. The van der Waals surface area contributed by atoms with Crippen molar-refractivity contribution >= 4 is 11.6 Å². The van der Waals surface area contributed by atoms with Crippen LogP contribution in [0.25, 0.3) is 0 Å². The summed E-state index contributed by atoms with van der Waals surface area (Å²) in [6.07, 6.45) is 4.37. The van der Waals surface area contributed by atoms with E-state index in [9.17, 15) is 4.39 Å². The molecule has 2 aromatic rings. The third-order valence-electron chi connectivity index (χ3n) is 4.41. The van der Waals surface area contributed by atoms with E-state index in [1.165, 1.54) is 24.8 Å². The Labute approximate surface area is 129 Å². The van der Waals surface area contributed by atoms with Crippen molar-refractivity contribution in [2.24, 2.45) is 5.73 Å². The van der Waals surface area contributed by atoms with E-state index in [2.05, 4.69) is 24.3 Å². The third-order valence-corrected chi connectivity index (χ3v) is 4.70.